The number of rotatable bonds is 5. The Bertz CT molecular complexity index is 553. The third kappa shape index (κ3) is 5.21. The van der Waals surface area contributed by atoms with Crippen LogP contribution in [0.15, 0.2) is 0 Å². The highest BCUT2D eigenvalue weighted by molar-refractivity contribution is 5.77. The average Bonchev–Trinajstić information content (AvgIpc) is 2.24. The monoisotopic (exact) mass is 296 g/mol. The van der Waals surface area contributed by atoms with Crippen LogP contribution in [0.3, 0.4) is 0 Å². The van der Waals surface area contributed by atoms with Gasteiger partial charge in [-0.1, -0.05) is 0 Å². The topological polar surface area (TPSA) is 136 Å². The van der Waals surface area contributed by atoms with Crippen LogP contribution in [0.25, 0.3) is 0 Å². The van der Waals surface area contributed by atoms with E-state index >= 15 is 0 Å². The fraction of sp³-hybridized carbons (Fsp3) is 0.583. The van der Waals surface area contributed by atoms with Gasteiger partial charge in [-0.2, -0.15) is 4.98 Å². The Morgan fingerprint density at radius 2 is 2.00 bits per heavy atom. The highest BCUT2D eigenvalue weighted by Crippen LogP contribution is 2.25. The van der Waals surface area contributed by atoms with Crippen molar-refractivity contribution in [3.63, 3.8) is 0 Å². The maximum absolute atomic E-state index is 11.7. The molecule has 1 aromatic rings. The molecule has 21 heavy (non-hydrogen) atoms. The number of aryl methyl sites for hydroxylation is 1. The van der Waals surface area contributed by atoms with E-state index in [2.05, 4.69) is 20.6 Å². The van der Waals surface area contributed by atoms with Crippen molar-refractivity contribution >= 4 is 23.4 Å². The molecule has 0 saturated heterocycles. The van der Waals surface area contributed by atoms with E-state index in [1.165, 1.54) is 6.92 Å². The molecule has 1 rings (SSSR count). The smallest absolute Gasteiger partial charge is 0.332 e. The lowest BCUT2D eigenvalue weighted by atomic mass is 10.1. The first kappa shape index (κ1) is 16.6. The summed E-state index contributed by atoms with van der Waals surface area (Å²) in [6.07, 6.45) is 0.164. The molecule has 0 aromatic carbocycles. The van der Waals surface area contributed by atoms with Gasteiger partial charge in [0.05, 0.1) is 4.92 Å². The molecule has 0 atom stereocenters. The second kappa shape index (κ2) is 6.33. The zero-order chi connectivity index (χ0) is 16.2. The van der Waals surface area contributed by atoms with Crippen LogP contribution < -0.4 is 16.4 Å². The van der Waals surface area contributed by atoms with E-state index in [1.54, 1.807) is 0 Å². The molecule has 1 amide bonds. The molecule has 0 aliphatic rings. The van der Waals surface area contributed by atoms with Gasteiger partial charge in [-0.25, -0.2) is 4.98 Å². The second-order valence-electron chi connectivity index (χ2n) is 5.60. The summed E-state index contributed by atoms with van der Waals surface area (Å²) in [7, 11) is 0. The highest BCUT2D eigenvalue weighted by Gasteiger charge is 2.21. The SMILES string of the molecule is Cc1nc(N)nc(NCCC(=O)NC(C)(C)C)c1[N+](=O)[O-]. The number of hydrogen-bond donors (Lipinski definition) is 3. The largest absolute Gasteiger partial charge is 0.368 e. The number of nitrogens with zero attached hydrogens (tertiary/aromatic N) is 3. The van der Waals surface area contributed by atoms with Crippen molar-refractivity contribution in [2.75, 3.05) is 17.6 Å². The Balaban J connectivity index is 2.72. The number of nitrogen functional groups attached to an aromatic ring is 1. The summed E-state index contributed by atoms with van der Waals surface area (Å²) in [4.78, 5) is 29.6. The molecule has 1 aromatic heterocycles. The number of nitro groups is 1. The molecule has 9 heteroatoms. The summed E-state index contributed by atoms with van der Waals surface area (Å²) in [6.45, 7) is 7.30. The number of carbonyl (C=O) groups excluding carboxylic acids is 1. The van der Waals surface area contributed by atoms with Gasteiger partial charge in [0, 0.05) is 18.5 Å². The van der Waals surface area contributed by atoms with Gasteiger partial charge in [-0.15, -0.1) is 0 Å². The summed E-state index contributed by atoms with van der Waals surface area (Å²) in [5.41, 5.74) is 5.10. The summed E-state index contributed by atoms with van der Waals surface area (Å²) in [5.74, 6) is -0.190. The Kier molecular flexibility index (Phi) is 5.01. The number of hydrogen-bond acceptors (Lipinski definition) is 7. The molecule has 0 bridgehead atoms. The van der Waals surface area contributed by atoms with Crippen LogP contribution in [0.4, 0.5) is 17.5 Å². The van der Waals surface area contributed by atoms with E-state index in [9.17, 15) is 14.9 Å². The average molecular weight is 296 g/mol. The van der Waals surface area contributed by atoms with Crippen LogP contribution in [-0.2, 0) is 4.79 Å². The number of anilines is 2. The van der Waals surface area contributed by atoms with E-state index in [1.807, 2.05) is 20.8 Å². The van der Waals surface area contributed by atoms with Crippen molar-refractivity contribution in [3.05, 3.63) is 15.8 Å². The minimum absolute atomic E-state index is 0.0218. The summed E-state index contributed by atoms with van der Waals surface area (Å²) < 4.78 is 0. The van der Waals surface area contributed by atoms with Crippen LogP contribution in [0, 0.1) is 17.0 Å². The Morgan fingerprint density at radius 3 is 2.52 bits per heavy atom. The van der Waals surface area contributed by atoms with Gasteiger partial charge in [-0.05, 0) is 27.7 Å². The van der Waals surface area contributed by atoms with Gasteiger partial charge < -0.3 is 16.4 Å². The lowest BCUT2D eigenvalue weighted by Crippen LogP contribution is -2.41. The zero-order valence-corrected chi connectivity index (χ0v) is 12.6. The first-order chi connectivity index (χ1) is 9.60. The van der Waals surface area contributed by atoms with Crippen molar-refractivity contribution in [3.8, 4) is 0 Å². The number of aromatic nitrogens is 2. The normalized spacial score (nSPS) is 11.0. The minimum atomic E-state index is -0.577. The molecule has 0 unspecified atom stereocenters. The van der Waals surface area contributed by atoms with Crippen LogP contribution in [0.5, 0.6) is 0 Å². The Hall–Kier alpha value is -2.45. The Morgan fingerprint density at radius 1 is 1.38 bits per heavy atom. The van der Waals surface area contributed by atoms with Gasteiger partial charge in [0.2, 0.25) is 17.7 Å². The lowest BCUT2D eigenvalue weighted by molar-refractivity contribution is -0.385. The first-order valence-electron chi connectivity index (χ1n) is 6.43. The summed E-state index contributed by atoms with van der Waals surface area (Å²) in [5, 5.41) is 16.6. The molecular weight excluding hydrogens is 276 g/mol. The van der Waals surface area contributed by atoms with E-state index < -0.39 is 4.92 Å². The minimum Gasteiger partial charge on any atom is -0.368 e. The van der Waals surface area contributed by atoms with E-state index in [4.69, 9.17) is 5.73 Å². The second-order valence-corrected chi connectivity index (χ2v) is 5.60. The molecule has 4 N–H and O–H groups in total. The van der Waals surface area contributed by atoms with Crippen molar-refractivity contribution in [1.29, 1.82) is 0 Å². The summed E-state index contributed by atoms with van der Waals surface area (Å²) >= 11 is 0. The van der Waals surface area contributed by atoms with Crippen molar-refractivity contribution in [2.45, 2.75) is 39.7 Å². The predicted octanol–water partition coefficient (Wildman–Crippen LogP) is 0.992. The predicted molar refractivity (Wildman–Crippen MR) is 78.8 cm³/mol. The van der Waals surface area contributed by atoms with Crippen LogP contribution >= 0.6 is 0 Å². The van der Waals surface area contributed by atoms with Gasteiger partial charge in [-0.3, -0.25) is 14.9 Å². The van der Waals surface area contributed by atoms with Crippen molar-refractivity contribution in [2.24, 2.45) is 0 Å². The van der Waals surface area contributed by atoms with Gasteiger partial charge >= 0.3 is 5.69 Å². The number of nitrogens with one attached hydrogen (secondary N) is 2. The van der Waals surface area contributed by atoms with Crippen molar-refractivity contribution in [1.82, 2.24) is 15.3 Å². The molecule has 0 radical (unpaired) electrons. The zero-order valence-electron chi connectivity index (χ0n) is 12.6. The number of nitrogens with two attached hydrogens (primary N) is 1. The van der Waals surface area contributed by atoms with E-state index in [0.29, 0.717) is 0 Å². The van der Waals surface area contributed by atoms with Gasteiger partial charge in [0.1, 0.15) is 5.69 Å². The highest BCUT2D eigenvalue weighted by atomic mass is 16.6. The Labute approximate surface area is 122 Å². The quantitative estimate of drug-likeness (QED) is 0.544. The molecule has 1 heterocycles. The summed E-state index contributed by atoms with van der Waals surface area (Å²) in [6, 6.07) is 0. The van der Waals surface area contributed by atoms with E-state index in [0.717, 1.165) is 0 Å². The van der Waals surface area contributed by atoms with Crippen molar-refractivity contribution < 1.29 is 9.72 Å². The van der Waals surface area contributed by atoms with Gasteiger partial charge in [0.15, 0.2) is 0 Å². The third-order valence-corrected chi connectivity index (χ3v) is 2.42. The molecule has 0 fully saturated rings. The molecule has 0 aliphatic carbocycles. The molecule has 0 aliphatic heterocycles. The van der Waals surface area contributed by atoms with Crippen LogP contribution in [0.1, 0.15) is 32.9 Å². The number of carbonyl (C=O) groups is 1. The molecule has 116 valence electrons. The van der Waals surface area contributed by atoms with E-state index in [-0.39, 0.29) is 47.6 Å². The molecule has 0 saturated carbocycles. The lowest BCUT2D eigenvalue weighted by Gasteiger charge is -2.20. The van der Waals surface area contributed by atoms with Gasteiger partial charge in [0.25, 0.3) is 0 Å². The van der Waals surface area contributed by atoms with Crippen LogP contribution in [0.2, 0.25) is 0 Å². The molecule has 0 spiro atoms. The van der Waals surface area contributed by atoms with Crippen LogP contribution in [-0.4, -0.2) is 32.9 Å². The molecular formula is C12H20N6O3. The fourth-order valence-corrected chi connectivity index (χ4v) is 1.71. The maximum atomic E-state index is 11.7. The maximum Gasteiger partial charge on any atom is 0.332 e. The standard InChI is InChI=1S/C12H20N6O3/c1-7-9(18(20)21)10(16-11(13)15-7)14-6-5-8(19)17-12(2,3)4/h5-6H2,1-4H3,(H,17,19)(H3,13,14,15,16). The first-order valence-corrected chi connectivity index (χ1v) is 6.43. The fourth-order valence-electron chi connectivity index (χ4n) is 1.71. The number of amides is 1. The third-order valence-electron chi connectivity index (χ3n) is 2.42. The molecule has 9 nitrogen and oxygen atoms in total.